The summed E-state index contributed by atoms with van der Waals surface area (Å²) in [5.41, 5.74) is 1.03. The average molecular weight is 245 g/mol. The van der Waals surface area contributed by atoms with Crippen LogP contribution in [0.2, 0.25) is 0 Å². The van der Waals surface area contributed by atoms with E-state index in [9.17, 15) is 0 Å². The summed E-state index contributed by atoms with van der Waals surface area (Å²) in [4.78, 5) is 4.12. The number of nitrogens with zero attached hydrogens (tertiary/aromatic N) is 2. The van der Waals surface area contributed by atoms with Gasteiger partial charge in [-0.3, -0.25) is 4.98 Å². The molecule has 1 heterocycles. The first-order valence-corrected chi connectivity index (χ1v) is 6.60. The molecule has 1 N–H and O–H groups in total. The van der Waals surface area contributed by atoms with Crippen LogP contribution in [0.3, 0.4) is 0 Å². The fourth-order valence-corrected chi connectivity index (χ4v) is 1.82. The molecule has 3 nitrogen and oxygen atoms in total. The molecule has 1 aromatic heterocycles. The Morgan fingerprint density at radius 1 is 1.44 bits per heavy atom. The van der Waals surface area contributed by atoms with Gasteiger partial charge < -0.3 is 5.32 Å². The molecule has 0 fully saturated rings. The van der Waals surface area contributed by atoms with Gasteiger partial charge in [0.2, 0.25) is 0 Å². The zero-order valence-corrected chi connectivity index (χ0v) is 11.6. The number of pyridine rings is 1. The molecule has 3 heteroatoms. The van der Waals surface area contributed by atoms with Crippen LogP contribution in [0, 0.1) is 16.7 Å². The molecule has 0 aromatic carbocycles. The van der Waals surface area contributed by atoms with Crippen molar-refractivity contribution in [3.05, 3.63) is 30.1 Å². The second-order valence-corrected chi connectivity index (χ2v) is 5.41. The third kappa shape index (κ3) is 5.29. The third-order valence-electron chi connectivity index (χ3n) is 3.17. The van der Waals surface area contributed by atoms with Gasteiger partial charge in [0, 0.05) is 18.4 Å². The van der Waals surface area contributed by atoms with E-state index in [-0.39, 0.29) is 5.41 Å². The van der Waals surface area contributed by atoms with Crippen LogP contribution in [-0.4, -0.2) is 11.5 Å². The highest BCUT2D eigenvalue weighted by Crippen LogP contribution is 2.21. The van der Waals surface area contributed by atoms with E-state index in [2.05, 4.69) is 29.4 Å². The Kier molecular flexibility index (Phi) is 5.80. The van der Waals surface area contributed by atoms with Crippen molar-refractivity contribution >= 4 is 0 Å². The van der Waals surface area contributed by atoms with Crippen molar-refractivity contribution in [2.45, 2.75) is 46.1 Å². The van der Waals surface area contributed by atoms with E-state index in [4.69, 9.17) is 5.26 Å². The summed E-state index contributed by atoms with van der Waals surface area (Å²) < 4.78 is 0. The van der Waals surface area contributed by atoms with Crippen molar-refractivity contribution in [3.8, 4) is 6.07 Å². The second-order valence-electron chi connectivity index (χ2n) is 5.41. The molecule has 0 saturated carbocycles. The molecular formula is C15H23N3. The molecule has 0 aliphatic rings. The summed E-state index contributed by atoms with van der Waals surface area (Å²) in [6, 6.07) is 6.72. The Morgan fingerprint density at radius 3 is 2.83 bits per heavy atom. The Bertz CT molecular complexity index is 378. The van der Waals surface area contributed by atoms with Gasteiger partial charge in [-0.2, -0.15) is 5.26 Å². The van der Waals surface area contributed by atoms with Gasteiger partial charge in [0.25, 0.3) is 0 Å². The number of aromatic nitrogens is 1. The first-order chi connectivity index (χ1) is 8.55. The van der Waals surface area contributed by atoms with E-state index in [1.165, 1.54) is 5.56 Å². The maximum Gasteiger partial charge on any atom is 0.0683 e. The standard InChI is InChI=1S/C15H23N3/c1-13(14-7-6-9-17-11-14)18-10-5-4-8-15(2,3)12-16/h6-7,9,11,13,18H,4-5,8,10H2,1-3H3/t13-/m0/s1. The lowest BCUT2D eigenvalue weighted by Gasteiger charge is -2.16. The number of nitrogens with one attached hydrogen (secondary N) is 1. The summed E-state index contributed by atoms with van der Waals surface area (Å²) in [7, 11) is 0. The quantitative estimate of drug-likeness (QED) is 0.748. The summed E-state index contributed by atoms with van der Waals surface area (Å²) in [5.74, 6) is 0. The summed E-state index contributed by atoms with van der Waals surface area (Å²) in [6.45, 7) is 7.13. The molecule has 98 valence electrons. The van der Waals surface area contributed by atoms with Gasteiger partial charge in [0.15, 0.2) is 0 Å². The monoisotopic (exact) mass is 245 g/mol. The van der Waals surface area contributed by atoms with Crippen LogP contribution in [0.25, 0.3) is 0 Å². The van der Waals surface area contributed by atoms with Gasteiger partial charge >= 0.3 is 0 Å². The van der Waals surface area contributed by atoms with E-state index in [1.807, 2.05) is 26.1 Å². The molecule has 0 spiro atoms. The topological polar surface area (TPSA) is 48.7 Å². The average Bonchev–Trinajstić information content (AvgIpc) is 2.39. The molecule has 1 rings (SSSR count). The maximum atomic E-state index is 8.91. The van der Waals surface area contributed by atoms with E-state index >= 15 is 0 Å². The Morgan fingerprint density at radius 2 is 2.22 bits per heavy atom. The summed E-state index contributed by atoms with van der Waals surface area (Å²) in [5, 5.41) is 12.4. The Balaban J connectivity index is 2.18. The van der Waals surface area contributed by atoms with Gasteiger partial charge in [-0.25, -0.2) is 0 Å². The zero-order chi connectivity index (χ0) is 13.4. The SMILES string of the molecule is C[C@H](NCCCCC(C)(C)C#N)c1cccnc1. The van der Waals surface area contributed by atoms with Gasteiger partial charge in [-0.05, 0) is 51.8 Å². The van der Waals surface area contributed by atoms with E-state index in [0.717, 1.165) is 25.8 Å². The smallest absolute Gasteiger partial charge is 0.0683 e. The van der Waals surface area contributed by atoms with Crippen LogP contribution in [0.1, 0.15) is 51.6 Å². The van der Waals surface area contributed by atoms with Gasteiger partial charge in [0.05, 0.1) is 11.5 Å². The first kappa shape index (κ1) is 14.7. The Labute approximate surface area is 110 Å². The number of hydrogen-bond acceptors (Lipinski definition) is 3. The third-order valence-corrected chi connectivity index (χ3v) is 3.17. The molecule has 0 saturated heterocycles. The predicted molar refractivity (Wildman–Crippen MR) is 73.9 cm³/mol. The summed E-state index contributed by atoms with van der Waals surface area (Å²) >= 11 is 0. The molecule has 0 bridgehead atoms. The van der Waals surface area contributed by atoms with Crippen molar-refractivity contribution in [1.29, 1.82) is 5.26 Å². The van der Waals surface area contributed by atoms with Crippen molar-refractivity contribution in [1.82, 2.24) is 10.3 Å². The summed E-state index contributed by atoms with van der Waals surface area (Å²) in [6.07, 6.45) is 6.85. The van der Waals surface area contributed by atoms with Gasteiger partial charge in [-0.1, -0.05) is 12.5 Å². The molecule has 0 aliphatic carbocycles. The molecule has 0 aliphatic heterocycles. The van der Waals surface area contributed by atoms with Gasteiger partial charge in [-0.15, -0.1) is 0 Å². The van der Waals surface area contributed by atoms with Crippen LogP contribution in [-0.2, 0) is 0 Å². The highest BCUT2D eigenvalue weighted by Gasteiger charge is 2.15. The zero-order valence-electron chi connectivity index (χ0n) is 11.6. The van der Waals surface area contributed by atoms with Crippen molar-refractivity contribution in [2.24, 2.45) is 5.41 Å². The molecule has 0 unspecified atom stereocenters. The number of unbranched alkanes of at least 4 members (excludes halogenated alkanes) is 1. The Hall–Kier alpha value is -1.40. The van der Waals surface area contributed by atoms with E-state index < -0.39 is 0 Å². The number of nitriles is 1. The van der Waals surface area contributed by atoms with Crippen molar-refractivity contribution in [2.75, 3.05) is 6.54 Å². The fourth-order valence-electron chi connectivity index (χ4n) is 1.82. The predicted octanol–water partition coefficient (Wildman–Crippen LogP) is 3.45. The number of hydrogen-bond donors (Lipinski definition) is 1. The molecule has 0 radical (unpaired) electrons. The molecule has 1 aromatic rings. The van der Waals surface area contributed by atoms with Crippen molar-refractivity contribution in [3.63, 3.8) is 0 Å². The molecule has 18 heavy (non-hydrogen) atoms. The van der Waals surface area contributed by atoms with Crippen molar-refractivity contribution < 1.29 is 0 Å². The lowest BCUT2D eigenvalue weighted by Crippen LogP contribution is -2.20. The lowest BCUT2D eigenvalue weighted by molar-refractivity contribution is 0.418. The second kappa shape index (κ2) is 7.13. The van der Waals surface area contributed by atoms with Crippen LogP contribution in [0.4, 0.5) is 0 Å². The normalized spacial score (nSPS) is 13.0. The minimum atomic E-state index is -0.186. The minimum absolute atomic E-state index is 0.186. The van der Waals surface area contributed by atoms with Crippen LogP contribution < -0.4 is 5.32 Å². The molecular weight excluding hydrogens is 222 g/mol. The van der Waals surface area contributed by atoms with Gasteiger partial charge in [0.1, 0.15) is 0 Å². The largest absolute Gasteiger partial charge is 0.310 e. The maximum absolute atomic E-state index is 8.91. The number of rotatable bonds is 7. The highest BCUT2D eigenvalue weighted by molar-refractivity contribution is 5.12. The first-order valence-electron chi connectivity index (χ1n) is 6.60. The van der Waals surface area contributed by atoms with E-state index in [1.54, 1.807) is 6.20 Å². The molecule has 0 amide bonds. The lowest BCUT2D eigenvalue weighted by atomic mass is 9.89. The van der Waals surface area contributed by atoms with Crippen LogP contribution in [0.15, 0.2) is 24.5 Å². The van der Waals surface area contributed by atoms with Crippen LogP contribution in [0.5, 0.6) is 0 Å². The highest BCUT2D eigenvalue weighted by atomic mass is 14.9. The fraction of sp³-hybridized carbons (Fsp3) is 0.600. The van der Waals surface area contributed by atoms with E-state index in [0.29, 0.717) is 6.04 Å². The molecule has 1 atom stereocenters. The van der Waals surface area contributed by atoms with Crippen LogP contribution >= 0.6 is 0 Å². The minimum Gasteiger partial charge on any atom is -0.310 e.